The maximum Gasteiger partial charge on any atom is 0.181 e. The summed E-state index contributed by atoms with van der Waals surface area (Å²) in [6.45, 7) is 6.91. The van der Waals surface area contributed by atoms with Crippen LogP contribution in [0.15, 0.2) is 36.4 Å². The molecular formula is C24H26F2O4. The number of benzene rings is 2. The first kappa shape index (κ1) is 22.2. The number of Topliss-reactive ketones (excluding diaryl/α,β-unsaturated/α-hetero) is 2. The van der Waals surface area contributed by atoms with Gasteiger partial charge in [0.05, 0.1) is 6.61 Å². The van der Waals surface area contributed by atoms with Gasteiger partial charge in [-0.2, -0.15) is 0 Å². The minimum Gasteiger partial charge on any atom is -0.381 e. The lowest BCUT2D eigenvalue weighted by molar-refractivity contribution is -0.195. The lowest BCUT2D eigenvalue weighted by atomic mass is 9.73. The smallest absolute Gasteiger partial charge is 0.181 e. The van der Waals surface area contributed by atoms with Crippen molar-refractivity contribution in [2.45, 2.75) is 51.2 Å². The quantitative estimate of drug-likeness (QED) is 0.667. The summed E-state index contributed by atoms with van der Waals surface area (Å²) in [6, 6.07) is 8.97. The molecule has 0 aromatic heterocycles. The van der Waals surface area contributed by atoms with Crippen molar-refractivity contribution >= 4 is 11.6 Å². The Kier molecular flexibility index (Phi) is 5.94. The Morgan fingerprint density at radius 2 is 1.60 bits per heavy atom. The number of ketones is 2. The molecule has 0 bridgehead atoms. The van der Waals surface area contributed by atoms with Gasteiger partial charge in [-0.05, 0) is 61.6 Å². The number of hydrogen-bond acceptors (Lipinski definition) is 4. The third-order valence-electron chi connectivity index (χ3n) is 5.63. The molecule has 2 unspecified atom stereocenters. The topological polar surface area (TPSA) is 52.6 Å². The van der Waals surface area contributed by atoms with Crippen molar-refractivity contribution in [2.24, 2.45) is 0 Å². The fourth-order valence-corrected chi connectivity index (χ4v) is 4.14. The van der Waals surface area contributed by atoms with Crippen LogP contribution in [0.1, 0.15) is 44.7 Å². The fraction of sp³-hybridized carbons (Fsp3) is 0.417. The standard InChI is InChI=1S/C24H26F2O4/c1-6-14-11-15(16-8-10-18(25)19(26)12-16)7-9-17(14)20-21(27)23(2,3)30-24(4,13-29-5)22(20)28/h7-12,20H,6,13H2,1-5H3. The summed E-state index contributed by atoms with van der Waals surface area (Å²) in [5, 5.41) is 0. The van der Waals surface area contributed by atoms with Crippen LogP contribution >= 0.6 is 0 Å². The summed E-state index contributed by atoms with van der Waals surface area (Å²) in [6.07, 6.45) is 0.562. The van der Waals surface area contributed by atoms with E-state index in [1.165, 1.54) is 13.2 Å². The van der Waals surface area contributed by atoms with Gasteiger partial charge in [0.1, 0.15) is 17.1 Å². The predicted molar refractivity (Wildman–Crippen MR) is 109 cm³/mol. The predicted octanol–water partition coefficient (Wildman–Crippen LogP) is 4.63. The van der Waals surface area contributed by atoms with Crippen LogP contribution in [0.3, 0.4) is 0 Å². The fourth-order valence-electron chi connectivity index (χ4n) is 4.14. The number of rotatable bonds is 5. The van der Waals surface area contributed by atoms with Crippen LogP contribution in [0.25, 0.3) is 11.1 Å². The normalized spacial score (nSPS) is 23.6. The molecule has 2 aromatic rings. The molecular weight excluding hydrogens is 390 g/mol. The Morgan fingerprint density at radius 1 is 0.967 bits per heavy atom. The van der Waals surface area contributed by atoms with E-state index in [9.17, 15) is 18.4 Å². The van der Waals surface area contributed by atoms with Gasteiger partial charge in [0.15, 0.2) is 23.2 Å². The van der Waals surface area contributed by atoms with Crippen LogP contribution in [0.2, 0.25) is 0 Å². The third-order valence-corrected chi connectivity index (χ3v) is 5.63. The van der Waals surface area contributed by atoms with E-state index in [4.69, 9.17) is 9.47 Å². The number of carbonyl (C=O) groups is 2. The average Bonchev–Trinajstić information content (AvgIpc) is 2.69. The maximum absolute atomic E-state index is 13.7. The lowest BCUT2D eigenvalue weighted by Gasteiger charge is -2.44. The van der Waals surface area contributed by atoms with E-state index < -0.39 is 28.8 Å². The molecule has 30 heavy (non-hydrogen) atoms. The van der Waals surface area contributed by atoms with Crippen LogP contribution in [0, 0.1) is 11.6 Å². The Bertz CT molecular complexity index is 999. The average molecular weight is 416 g/mol. The monoisotopic (exact) mass is 416 g/mol. The number of aryl methyl sites for hydroxylation is 1. The van der Waals surface area contributed by atoms with E-state index in [1.807, 2.05) is 13.0 Å². The van der Waals surface area contributed by atoms with Gasteiger partial charge >= 0.3 is 0 Å². The zero-order valence-corrected chi connectivity index (χ0v) is 17.8. The summed E-state index contributed by atoms with van der Waals surface area (Å²) >= 11 is 0. The van der Waals surface area contributed by atoms with E-state index >= 15 is 0 Å². The molecule has 2 aromatic carbocycles. The number of hydrogen-bond donors (Lipinski definition) is 0. The molecule has 2 atom stereocenters. The Morgan fingerprint density at radius 3 is 2.20 bits per heavy atom. The molecule has 0 aliphatic carbocycles. The van der Waals surface area contributed by atoms with Crippen LogP contribution in [0.5, 0.6) is 0 Å². The zero-order valence-electron chi connectivity index (χ0n) is 17.8. The molecule has 1 heterocycles. The van der Waals surface area contributed by atoms with E-state index in [1.54, 1.807) is 32.9 Å². The van der Waals surface area contributed by atoms with Crippen LogP contribution in [0.4, 0.5) is 8.78 Å². The molecule has 0 amide bonds. The minimum atomic E-state index is -1.25. The molecule has 1 aliphatic heterocycles. The molecule has 160 valence electrons. The molecule has 3 rings (SSSR count). The second kappa shape index (κ2) is 8.00. The highest BCUT2D eigenvalue weighted by Crippen LogP contribution is 2.40. The maximum atomic E-state index is 13.7. The molecule has 1 aliphatic rings. The summed E-state index contributed by atoms with van der Waals surface area (Å²) in [7, 11) is 1.48. The van der Waals surface area contributed by atoms with Gasteiger partial charge in [0.25, 0.3) is 0 Å². The lowest BCUT2D eigenvalue weighted by Crippen LogP contribution is -2.61. The first-order valence-corrected chi connectivity index (χ1v) is 9.90. The molecule has 0 spiro atoms. The first-order valence-electron chi connectivity index (χ1n) is 9.90. The second-order valence-electron chi connectivity index (χ2n) is 8.33. The summed E-state index contributed by atoms with van der Waals surface area (Å²) < 4.78 is 38.0. The highest BCUT2D eigenvalue weighted by atomic mass is 19.2. The Labute approximate surface area is 175 Å². The van der Waals surface area contributed by atoms with Gasteiger partial charge in [-0.25, -0.2) is 8.78 Å². The Balaban J connectivity index is 2.10. The molecule has 0 saturated carbocycles. The third kappa shape index (κ3) is 3.82. The van der Waals surface area contributed by atoms with Gasteiger partial charge in [0.2, 0.25) is 0 Å². The van der Waals surface area contributed by atoms with Gasteiger partial charge < -0.3 is 9.47 Å². The largest absolute Gasteiger partial charge is 0.381 e. The Hall–Kier alpha value is -2.44. The minimum absolute atomic E-state index is 0.0352. The van der Waals surface area contributed by atoms with Crippen LogP contribution in [-0.2, 0) is 25.5 Å². The summed E-state index contributed by atoms with van der Waals surface area (Å²) in [4.78, 5) is 26.5. The van der Waals surface area contributed by atoms with Crippen molar-refractivity contribution < 1.29 is 27.8 Å². The van der Waals surface area contributed by atoms with Crippen LogP contribution in [-0.4, -0.2) is 36.5 Å². The zero-order chi connectivity index (χ0) is 22.3. The van der Waals surface area contributed by atoms with Crippen molar-refractivity contribution in [1.82, 2.24) is 0 Å². The van der Waals surface area contributed by atoms with Gasteiger partial charge in [-0.3, -0.25) is 9.59 Å². The van der Waals surface area contributed by atoms with E-state index in [-0.39, 0.29) is 18.2 Å². The van der Waals surface area contributed by atoms with Crippen molar-refractivity contribution in [3.63, 3.8) is 0 Å². The highest BCUT2D eigenvalue weighted by molar-refractivity contribution is 6.15. The van der Waals surface area contributed by atoms with Gasteiger partial charge in [0, 0.05) is 7.11 Å². The molecule has 1 fully saturated rings. The summed E-state index contributed by atoms with van der Waals surface area (Å²) in [5.41, 5.74) is 0.194. The van der Waals surface area contributed by atoms with Crippen molar-refractivity contribution in [3.8, 4) is 11.1 Å². The molecule has 0 radical (unpaired) electrons. The van der Waals surface area contributed by atoms with E-state index in [2.05, 4.69) is 0 Å². The first-order chi connectivity index (χ1) is 14.0. The molecule has 1 saturated heterocycles. The molecule has 0 N–H and O–H groups in total. The van der Waals surface area contributed by atoms with Gasteiger partial charge in [-0.1, -0.05) is 31.2 Å². The SMILES string of the molecule is CCc1cc(-c2ccc(F)c(F)c2)ccc1C1C(=O)C(C)(C)OC(C)(COC)C1=O. The van der Waals surface area contributed by atoms with E-state index in [0.717, 1.165) is 17.7 Å². The molecule has 4 nitrogen and oxygen atoms in total. The molecule has 6 heteroatoms. The number of methoxy groups -OCH3 is 1. The number of ether oxygens (including phenoxy) is 2. The highest BCUT2D eigenvalue weighted by Gasteiger charge is 2.55. The second-order valence-corrected chi connectivity index (χ2v) is 8.33. The van der Waals surface area contributed by atoms with Crippen molar-refractivity contribution in [1.29, 1.82) is 0 Å². The van der Waals surface area contributed by atoms with Gasteiger partial charge in [-0.15, -0.1) is 0 Å². The van der Waals surface area contributed by atoms with Crippen molar-refractivity contribution in [2.75, 3.05) is 13.7 Å². The van der Waals surface area contributed by atoms with E-state index in [0.29, 0.717) is 23.1 Å². The number of halogens is 2. The summed E-state index contributed by atoms with van der Waals surface area (Å²) in [5.74, 6) is -3.48. The van der Waals surface area contributed by atoms with Crippen LogP contribution < -0.4 is 0 Å². The van der Waals surface area contributed by atoms with Crippen molar-refractivity contribution in [3.05, 3.63) is 59.2 Å². The number of carbonyl (C=O) groups excluding carboxylic acids is 2.